The predicted octanol–water partition coefficient (Wildman–Crippen LogP) is 1.92. The minimum atomic E-state index is -0.363. The van der Waals surface area contributed by atoms with Gasteiger partial charge in [0.2, 0.25) is 0 Å². The van der Waals surface area contributed by atoms with Crippen LogP contribution in [0.3, 0.4) is 0 Å². The van der Waals surface area contributed by atoms with Crippen molar-refractivity contribution in [2.75, 3.05) is 0 Å². The first-order chi connectivity index (χ1) is 5.65. The molecule has 64 valence electrons. The van der Waals surface area contributed by atoms with Crippen molar-refractivity contribution >= 4 is 20.3 Å². The second-order valence-corrected chi connectivity index (χ2v) is 3.13. The largest absolute Gasteiger partial charge is 0.294 e. The maximum atomic E-state index is 12.7. The molecule has 0 radical (unpaired) electrons. The molecule has 0 aliphatic carbocycles. The Kier molecular flexibility index (Phi) is 2.93. The highest BCUT2D eigenvalue weighted by Crippen LogP contribution is 2.07. The van der Waals surface area contributed by atoms with E-state index in [0.29, 0.717) is 12.0 Å². The number of halogens is 1. The van der Waals surface area contributed by atoms with Crippen molar-refractivity contribution in [3.8, 4) is 0 Å². The summed E-state index contributed by atoms with van der Waals surface area (Å²) in [6.45, 7) is 1.76. The third-order valence-corrected chi connectivity index (χ3v) is 2.14. The van der Waals surface area contributed by atoms with Crippen molar-refractivity contribution in [1.82, 2.24) is 0 Å². The zero-order valence-corrected chi connectivity index (χ0v) is 7.96. The van der Waals surface area contributed by atoms with Crippen LogP contribution >= 0.6 is 9.24 Å². The van der Waals surface area contributed by atoms with Crippen molar-refractivity contribution in [3.05, 3.63) is 29.6 Å². The van der Waals surface area contributed by atoms with Gasteiger partial charge in [-0.2, -0.15) is 0 Å². The fraction of sp³-hybridized carbons (Fsp3) is 0.222. The van der Waals surface area contributed by atoms with Gasteiger partial charge in [-0.15, -0.1) is 9.24 Å². The van der Waals surface area contributed by atoms with Crippen LogP contribution in [0.5, 0.6) is 0 Å². The third kappa shape index (κ3) is 1.89. The summed E-state index contributed by atoms with van der Waals surface area (Å²) in [5, 5.41) is 0.753. The molecule has 0 amide bonds. The standard InChI is InChI=1S/C9H10FOP/c1-2-8(11)7-5-6(10)3-4-9(7)12/h3-5H,2,12H2,1H3. The second-order valence-electron chi connectivity index (χ2n) is 2.51. The summed E-state index contributed by atoms with van der Waals surface area (Å²) in [6, 6.07) is 4.20. The molecule has 3 heteroatoms. The van der Waals surface area contributed by atoms with E-state index in [-0.39, 0.29) is 11.6 Å². The fourth-order valence-electron chi connectivity index (χ4n) is 0.960. The Labute approximate surface area is 73.2 Å². The molecular formula is C9H10FOP. The molecule has 1 unspecified atom stereocenters. The lowest BCUT2D eigenvalue weighted by Gasteiger charge is -2.01. The van der Waals surface area contributed by atoms with Gasteiger partial charge in [0.15, 0.2) is 5.78 Å². The number of hydrogen-bond donors (Lipinski definition) is 0. The van der Waals surface area contributed by atoms with Crippen molar-refractivity contribution in [3.63, 3.8) is 0 Å². The number of hydrogen-bond acceptors (Lipinski definition) is 1. The molecule has 12 heavy (non-hydrogen) atoms. The van der Waals surface area contributed by atoms with E-state index in [1.165, 1.54) is 12.1 Å². The monoisotopic (exact) mass is 184 g/mol. The van der Waals surface area contributed by atoms with E-state index in [2.05, 4.69) is 9.24 Å². The van der Waals surface area contributed by atoms with E-state index in [1.54, 1.807) is 13.0 Å². The first kappa shape index (κ1) is 9.34. The highest BCUT2D eigenvalue weighted by Gasteiger charge is 2.07. The molecular weight excluding hydrogens is 174 g/mol. The van der Waals surface area contributed by atoms with Crippen LogP contribution in [0, 0.1) is 5.82 Å². The molecule has 0 saturated heterocycles. The average molecular weight is 184 g/mol. The maximum absolute atomic E-state index is 12.7. The summed E-state index contributed by atoms with van der Waals surface area (Å²) in [4.78, 5) is 11.2. The average Bonchev–Trinajstić information content (AvgIpc) is 2.08. The Balaban J connectivity index is 3.13. The van der Waals surface area contributed by atoms with Gasteiger partial charge in [-0.1, -0.05) is 13.0 Å². The van der Waals surface area contributed by atoms with Crippen LogP contribution in [-0.4, -0.2) is 5.78 Å². The van der Waals surface area contributed by atoms with Crippen LogP contribution < -0.4 is 5.30 Å². The Morgan fingerprint density at radius 2 is 2.25 bits per heavy atom. The van der Waals surface area contributed by atoms with E-state index >= 15 is 0 Å². The smallest absolute Gasteiger partial charge is 0.163 e. The summed E-state index contributed by atoms with van der Waals surface area (Å²) in [5.74, 6) is -0.391. The van der Waals surface area contributed by atoms with Gasteiger partial charge in [0.1, 0.15) is 5.82 Å². The molecule has 0 spiro atoms. The van der Waals surface area contributed by atoms with Crippen molar-refractivity contribution in [2.45, 2.75) is 13.3 Å². The van der Waals surface area contributed by atoms with Gasteiger partial charge in [-0.25, -0.2) is 4.39 Å². The van der Waals surface area contributed by atoms with Gasteiger partial charge < -0.3 is 0 Å². The molecule has 1 rings (SSSR count). The molecule has 1 nitrogen and oxygen atoms in total. The van der Waals surface area contributed by atoms with Crippen LogP contribution in [0.4, 0.5) is 4.39 Å². The molecule has 0 saturated carbocycles. The highest BCUT2D eigenvalue weighted by atomic mass is 31.0. The summed E-state index contributed by atoms with van der Waals surface area (Å²) < 4.78 is 12.7. The van der Waals surface area contributed by atoms with E-state index in [4.69, 9.17) is 0 Å². The molecule has 0 fully saturated rings. The molecule has 1 aromatic rings. The SMILES string of the molecule is CCC(=O)c1cc(F)ccc1P. The van der Waals surface area contributed by atoms with E-state index < -0.39 is 0 Å². The topological polar surface area (TPSA) is 17.1 Å². The molecule has 0 aliphatic heterocycles. The number of carbonyl (C=O) groups is 1. The first-order valence-corrected chi connectivity index (χ1v) is 4.31. The second kappa shape index (κ2) is 3.77. The lowest BCUT2D eigenvalue weighted by atomic mass is 10.1. The first-order valence-electron chi connectivity index (χ1n) is 3.73. The molecule has 1 aromatic carbocycles. The van der Waals surface area contributed by atoms with Gasteiger partial charge >= 0.3 is 0 Å². The lowest BCUT2D eigenvalue weighted by molar-refractivity contribution is 0.0989. The Bertz CT molecular complexity index is 309. The van der Waals surface area contributed by atoms with Gasteiger partial charge in [0.05, 0.1) is 0 Å². The maximum Gasteiger partial charge on any atom is 0.163 e. The van der Waals surface area contributed by atoms with Gasteiger partial charge in [-0.3, -0.25) is 4.79 Å². The number of ketones is 1. The zero-order valence-electron chi connectivity index (χ0n) is 6.80. The minimum Gasteiger partial charge on any atom is -0.294 e. The Morgan fingerprint density at radius 3 is 2.83 bits per heavy atom. The highest BCUT2D eigenvalue weighted by molar-refractivity contribution is 7.27. The number of carbonyl (C=O) groups excluding carboxylic acids is 1. The Morgan fingerprint density at radius 1 is 1.58 bits per heavy atom. The molecule has 0 aliphatic rings. The Hall–Kier alpha value is -0.750. The van der Waals surface area contributed by atoms with E-state index in [1.807, 2.05) is 0 Å². The van der Waals surface area contributed by atoms with E-state index in [9.17, 15) is 9.18 Å². The van der Waals surface area contributed by atoms with Crippen LogP contribution in [0.25, 0.3) is 0 Å². The van der Waals surface area contributed by atoms with Gasteiger partial charge in [-0.05, 0) is 17.4 Å². The summed E-state index contributed by atoms with van der Waals surface area (Å²) in [7, 11) is 2.42. The number of Topliss-reactive ketones (excluding diaryl/α,β-unsaturated/α-hetero) is 1. The summed E-state index contributed by atoms with van der Waals surface area (Å²) in [6.07, 6.45) is 0.408. The summed E-state index contributed by atoms with van der Waals surface area (Å²) in [5.41, 5.74) is 0.461. The molecule has 0 aromatic heterocycles. The van der Waals surface area contributed by atoms with Crippen LogP contribution in [-0.2, 0) is 0 Å². The van der Waals surface area contributed by atoms with Crippen LogP contribution in [0.1, 0.15) is 23.7 Å². The lowest BCUT2D eigenvalue weighted by Crippen LogP contribution is -2.08. The van der Waals surface area contributed by atoms with Crippen molar-refractivity contribution < 1.29 is 9.18 Å². The summed E-state index contributed by atoms with van der Waals surface area (Å²) >= 11 is 0. The third-order valence-electron chi connectivity index (χ3n) is 1.64. The van der Waals surface area contributed by atoms with Gasteiger partial charge in [0.25, 0.3) is 0 Å². The van der Waals surface area contributed by atoms with Crippen molar-refractivity contribution in [2.24, 2.45) is 0 Å². The fourth-order valence-corrected chi connectivity index (χ4v) is 1.30. The normalized spacial score (nSPS) is 9.92. The molecule has 0 N–H and O–H groups in total. The van der Waals surface area contributed by atoms with Gasteiger partial charge in [0, 0.05) is 12.0 Å². The van der Waals surface area contributed by atoms with Crippen LogP contribution in [0.15, 0.2) is 18.2 Å². The molecule has 0 bridgehead atoms. The zero-order chi connectivity index (χ0) is 9.14. The molecule has 0 heterocycles. The number of rotatable bonds is 2. The van der Waals surface area contributed by atoms with E-state index in [0.717, 1.165) is 5.30 Å². The predicted molar refractivity (Wildman–Crippen MR) is 50.4 cm³/mol. The quantitative estimate of drug-likeness (QED) is 0.507. The minimum absolute atomic E-state index is 0.0282. The molecule has 1 atom stereocenters. The van der Waals surface area contributed by atoms with Crippen LogP contribution in [0.2, 0.25) is 0 Å². The number of benzene rings is 1. The van der Waals surface area contributed by atoms with Crippen molar-refractivity contribution in [1.29, 1.82) is 0 Å².